The molecule has 0 aromatic carbocycles. The molecule has 5 nitrogen and oxygen atoms in total. The van der Waals surface area contributed by atoms with E-state index in [-0.39, 0.29) is 12.0 Å². The molecule has 0 radical (unpaired) electrons. The van der Waals surface area contributed by atoms with Crippen molar-refractivity contribution in [3.05, 3.63) is 0 Å². The molecule has 0 aromatic heterocycles. The van der Waals surface area contributed by atoms with Crippen molar-refractivity contribution in [3.8, 4) is 0 Å². The fourth-order valence-corrected chi connectivity index (χ4v) is 1.70. The number of hydrogen-bond donors (Lipinski definition) is 1. The molecule has 15 heavy (non-hydrogen) atoms. The summed E-state index contributed by atoms with van der Waals surface area (Å²) in [5.41, 5.74) is 0. The Morgan fingerprint density at radius 2 is 2.13 bits per heavy atom. The minimum Gasteiger partial charge on any atom is -0.376 e. The molecule has 2 saturated heterocycles. The van der Waals surface area contributed by atoms with Crippen LogP contribution in [0.15, 0.2) is 0 Å². The van der Waals surface area contributed by atoms with E-state index in [0.29, 0.717) is 26.2 Å². The molecule has 2 rings (SSSR count). The third-order valence-corrected chi connectivity index (χ3v) is 2.75. The van der Waals surface area contributed by atoms with Gasteiger partial charge in [-0.3, -0.25) is 4.79 Å². The minimum absolute atomic E-state index is 0.205. The van der Waals surface area contributed by atoms with Gasteiger partial charge in [0.05, 0.1) is 26.2 Å². The van der Waals surface area contributed by atoms with Gasteiger partial charge >= 0.3 is 0 Å². The maximum Gasteiger partial charge on any atom is 0.224 e. The molecule has 0 aliphatic carbocycles. The van der Waals surface area contributed by atoms with Gasteiger partial charge in [-0.05, 0) is 0 Å². The minimum atomic E-state index is 0.205. The summed E-state index contributed by atoms with van der Waals surface area (Å²) in [6.07, 6.45) is 0.720. The van der Waals surface area contributed by atoms with Gasteiger partial charge < -0.3 is 19.7 Å². The standard InChI is InChI=1S/C10H18N2O3/c13-10(12-4-2-11-3-5-12)1-6-15-9-7-14-8-9/h9,11H,1-8H2. The number of rotatable bonds is 4. The Morgan fingerprint density at radius 3 is 2.73 bits per heavy atom. The van der Waals surface area contributed by atoms with Crippen molar-refractivity contribution in [1.82, 2.24) is 10.2 Å². The van der Waals surface area contributed by atoms with Crippen molar-refractivity contribution in [3.63, 3.8) is 0 Å². The van der Waals surface area contributed by atoms with Crippen LogP contribution in [0.2, 0.25) is 0 Å². The molecule has 2 fully saturated rings. The quantitative estimate of drug-likeness (QED) is 0.667. The lowest BCUT2D eigenvalue weighted by atomic mass is 10.3. The van der Waals surface area contributed by atoms with E-state index in [1.165, 1.54) is 0 Å². The first-order valence-corrected chi connectivity index (χ1v) is 5.54. The highest BCUT2D eigenvalue weighted by Gasteiger charge is 2.20. The second-order valence-corrected chi connectivity index (χ2v) is 3.91. The fourth-order valence-electron chi connectivity index (χ4n) is 1.70. The number of piperazine rings is 1. The Hall–Kier alpha value is -0.650. The number of nitrogens with zero attached hydrogens (tertiary/aromatic N) is 1. The van der Waals surface area contributed by atoms with Gasteiger partial charge in [0.25, 0.3) is 0 Å². The largest absolute Gasteiger partial charge is 0.376 e. The lowest BCUT2D eigenvalue weighted by Gasteiger charge is -2.29. The lowest BCUT2D eigenvalue weighted by Crippen LogP contribution is -2.46. The van der Waals surface area contributed by atoms with Crippen molar-refractivity contribution in [2.75, 3.05) is 46.0 Å². The summed E-state index contributed by atoms with van der Waals surface area (Å²) in [6.45, 7) is 5.35. The number of nitrogens with one attached hydrogen (secondary N) is 1. The number of hydrogen-bond acceptors (Lipinski definition) is 4. The van der Waals surface area contributed by atoms with Crippen LogP contribution in [0.25, 0.3) is 0 Å². The first-order chi connectivity index (χ1) is 7.36. The smallest absolute Gasteiger partial charge is 0.224 e. The van der Waals surface area contributed by atoms with Crippen LogP contribution in [-0.2, 0) is 14.3 Å². The van der Waals surface area contributed by atoms with Crippen LogP contribution in [-0.4, -0.2) is 62.9 Å². The summed E-state index contributed by atoms with van der Waals surface area (Å²) in [6, 6.07) is 0. The Labute approximate surface area is 89.7 Å². The van der Waals surface area contributed by atoms with E-state index in [1.807, 2.05) is 4.90 Å². The van der Waals surface area contributed by atoms with Gasteiger partial charge in [0, 0.05) is 26.2 Å². The van der Waals surface area contributed by atoms with Crippen molar-refractivity contribution in [2.45, 2.75) is 12.5 Å². The van der Waals surface area contributed by atoms with Gasteiger partial charge in [0.15, 0.2) is 0 Å². The van der Waals surface area contributed by atoms with Crippen molar-refractivity contribution < 1.29 is 14.3 Å². The summed E-state index contributed by atoms with van der Waals surface area (Å²) in [7, 11) is 0. The molecular formula is C10H18N2O3. The Balaban J connectivity index is 1.58. The fraction of sp³-hybridized carbons (Fsp3) is 0.900. The molecule has 0 aromatic rings. The Morgan fingerprint density at radius 1 is 1.40 bits per heavy atom. The molecule has 86 valence electrons. The van der Waals surface area contributed by atoms with Crippen LogP contribution in [0.3, 0.4) is 0 Å². The second kappa shape index (κ2) is 5.44. The lowest BCUT2D eigenvalue weighted by molar-refractivity contribution is -0.143. The van der Waals surface area contributed by atoms with E-state index in [0.717, 1.165) is 26.2 Å². The molecule has 1 amide bonds. The first-order valence-electron chi connectivity index (χ1n) is 5.54. The van der Waals surface area contributed by atoms with Crippen LogP contribution >= 0.6 is 0 Å². The maximum absolute atomic E-state index is 11.7. The van der Waals surface area contributed by atoms with Gasteiger partial charge in [-0.1, -0.05) is 0 Å². The predicted molar refractivity (Wildman–Crippen MR) is 54.6 cm³/mol. The molecule has 0 bridgehead atoms. The third-order valence-electron chi connectivity index (χ3n) is 2.75. The van der Waals surface area contributed by atoms with E-state index >= 15 is 0 Å². The monoisotopic (exact) mass is 214 g/mol. The van der Waals surface area contributed by atoms with Crippen molar-refractivity contribution in [2.24, 2.45) is 0 Å². The zero-order valence-corrected chi connectivity index (χ0v) is 8.91. The average Bonchev–Trinajstić information content (AvgIpc) is 2.23. The molecule has 2 aliphatic heterocycles. The zero-order chi connectivity index (χ0) is 10.5. The second-order valence-electron chi connectivity index (χ2n) is 3.91. The van der Waals surface area contributed by atoms with E-state index in [1.54, 1.807) is 0 Å². The molecule has 2 heterocycles. The highest BCUT2D eigenvalue weighted by atomic mass is 16.6. The number of carbonyl (C=O) groups is 1. The van der Waals surface area contributed by atoms with Gasteiger partial charge in [-0.15, -0.1) is 0 Å². The normalized spacial score (nSPS) is 22.5. The summed E-state index contributed by atoms with van der Waals surface area (Å²) in [4.78, 5) is 13.6. The summed E-state index contributed by atoms with van der Waals surface area (Å²) in [5, 5.41) is 3.22. The maximum atomic E-state index is 11.7. The SMILES string of the molecule is O=C(CCOC1COC1)N1CCNCC1. The number of carbonyl (C=O) groups excluding carboxylic acids is 1. The summed E-state index contributed by atoms with van der Waals surface area (Å²) in [5.74, 6) is 0.205. The zero-order valence-electron chi connectivity index (χ0n) is 8.91. The number of amides is 1. The van der Waals surface area contributed by atoms with Crippen LogP contribution in [0.5, 0.6) is 0 Å². The van der Waals surface area contributed by atoms with Gasteiger partial charge in [-0.2, -0.15) is 0 Å². The Kier molecular flexibility index (Phi) is 3.94. The van der Waals surface area contributed by atoms with Gasteiger partial charge in [0.2, 0.25) is 5.91 Å². The van der Waals surface area contributed by atoms with Crippen LogP contribution < -0.4 is 5.32 Å². The molecule has 0 saturated carbocycles. The molecule has 5 heteroatoms. The van der Waals surface area contributed by atoms with Crippen LogP contribution in [0.1, 0.15) is 6.42 Å². The average molecular weight is 214 g/mol. The molecule has 0 atom stereocenters. The van der Waals surface area contributed by atoms with E-state index in [4.69, 9.17) is 9.47 Å². The Bertz CT molecular complexity index is 213. The van der Waals surface area contributed by atoms with Gasteiger partial charge in [-0.25, -0.2) is 0 Å². The summed E-state index contributed by atoms with van der Waals surface area (Å²) < 4.78 is 10.4. The summed E-state index contributed by atoms with van der Waals surface area (Å²) >= 11 is 0. The topological polar surface area (TPSA) is 50.8 Å². The predicted octanol–water partition coefficient (Wildman–Crippen LogP) is -0.776. The van der Waals surface area contributed by atoms with Gasteiger partial charge in [0.1, 0.15) is 6.10 Å². The van der Waals surface area contributed by atoms with Crippen molar-refractivity contribution >= 4 is 5.91 Å². The van der Waals surface area contributed by atoms with Crippen LogP contribution in [0.4, 0.5) is 0 Å². The third kappa shape index (κ3) is 3.15. The van der Waals surface area contributed by atoms with E-state index in [9.17, 15) is 4.79 Å². The molecule has 0 unspecified atom stereocenters. The van der Waals surface area contributed by atoms with E-state index < -0.39 is 0 Å². The van der Waals surface area contributed by atoms with Crippen LogP contribution in [0, 0.1) is 0 Å². The first kappa shape index (κ1) is 10.9. The van der Waals surface area contributed by atoms with Crippen molar-refractivity contribution in [1.29, 1.82) is 0 Å². The molecule has 1 N–H and O–H groups in total. The molecular weight excluding hydrogens is 196 g/mol. The highest BCUT2D eigenvalue weighted by molar-refractivity contribution is 5.76. The molecule has 2 aliphatic rings. The number of ether oxygens (including phenoxy) is 2. The van der Waals surface area contributed by atoms with E-state index in [2.05, 4.69) is 5.32 Å². The molecule has 0 spiro atoms. The highest BCUT2D eigenvalue weighted by Crippen LogP contribution is 2.06.